The van der Waals surface area contributed by atoms with Crippen LogP contribution in [-0.2, 0) is 4.79 Å². The molecule has 12 heteroatoms. The lowest BCUT2D eigenvalue weighted by Gasteiger charge is -2.10. The number of amides is 1. The Morgan fingerprint density at radius 2 is 1.63 bits per heavy atom. The first-order valence-electron chi connectivity index (χ1n) is 12.8. The molecule has 0 saturated carbocycles. The van der Waals surface area contributed by atoms with Gasteiger partial charge in [-0.1, -0.05) is 72.3 Å². The number of ketones is 1. The molecule has 0 radical (unpaired) electrons. The Labute approximate surface area is 253 Å². The second kappa shape index (κ2) is 11.8. The molecule has 2 heterocycles. The number of benzene rings is 4. The number of rotatable bonds is 8. The van der Waals surface area contributed by atoms with Crippen molar-refractivity contribution in [3.05, 3.63) is 140 Å². The third-order valence-corrected chi connectivity index (χ3v) is 7.52. The van der Waals surface area contributed by atoms with E-state index in [9.17, 15) is 19.7 Å². The summed E-state index contributed by atoms with van der Waals surface area (Å²) in [6, 6.07) is 28.5. The van der Waals surface area contributed by atoms with Crippen LogP contribution in [0.25, 0.3) is 11.3 Å². The highest BCUT2D eigenvalue weighted by molar-refractivity contribution is 7.14. The quantitative estimate of drug-likeness (QED) is 0.117. The van der Waals surface area contributed by atoms with Crippen LogP contribution in [0.5, 0.6) is 0 Å². The molecule has 1 amide bonds. The zero-order chi connectivity index (χ0) is 29.9. The molecule has 10 nitrogen and oxygen atoms in total. The topological polar surface area (TPSA) is 130 Å². The van der Waals surface area contributed by atoms with Crippen LogP contribution in [0.4, 0.5) is 16.5 Å². The first kappa shape index (κ1) is 27.6. The molecule has 1 aliphatic heterocycles. The molecular formula is C31H19ClN6O4S. The molecule has 0 saturated heterocycles. The smallest absolute Gasteiger partial charge is 0.289 e. The van der Waals surface area contributed by atoms with E-state index in [1.54, 1.807) is 36.4 Å². The lowest BCUT2D eigenvalue weighted by molar-refractivity contribution is -0.384. The SMILES string of the molecule is O=C(c1ccccc1)c1cc(Cl)ccc1NN=C1C(=O)N(c2nc(-c3ccccc3)cs2)N=C1c1ccc([N+](=O)[O-])cc1. The minimum atomic E-state index is -0.570. The van der Waals surface area contributed by atoms with E-state index in [0.717, 1.165) is 10.6 Å². The maximum Gasteiger partial charge on any atom is 0.303 e. The highest BCUT2D eigenvalue weighted by Gasteiger charge is 2.36. The number of hydrazone groups is 2. The van der Waals surface area contributed by atoms with Gasteiger partial charge in [0.05, 0.1) is 16.3 Å². The molecule has 0 unspecified atom stereocenters. The number of hydrogen-bond donors (Lipinski definition) is 1. The maximum absolute atomic E-state index is 13.7. The molecule has 0 atom stereocenters. The molecule has 1 N–H and O–H groups in total. The summed E-state index contributed by atoms with van der Waals surface area (Å²) < 4.78 is 0. The Morgan fingerprint density at radius 1 is 0.930 bits per heavy atom. The van der Waals surface area contributed by atoms with Crippen LogP contribution in [0.15, 0.2) is 119 Å². The van der Waals surface area contributed by atoms with Gasteiger partial charge in [-0.15, -0.1) is 11.3 Å². The monoisotopic (exact) mass is 606 g/mol. The predicted molar refractivity (Wildman–Crippen MR) is 167 cm³/mol. The van der Waals surface area contributed by atoms with Crippen molar-refractivity contribution in [2.24, 2.45) is 10.2 Å². The fraction of sp³-hybridized carbons (Fsp3) is 0. The van der Waals surface area contributed by atoms with Crippen molar-refractivity contribution in [2.45, 2.75) is 0 Å². The van der Waals surface area contributed by atoms with E-state index in [-0.39, 0.29) is 28.5 Å². The molecule has 4 aromatic carbocycles. The summed E-state index contributed by atoms with van der Waals surface area (Å²) in [5.41, 5.74) is 5.86. The number of carbonyl (C=O) groups is 2. The molecule has 1 aliphatic rings. The third kappa shape index (κ3) is 5.67. The van der Waals surface area contributed by atoms with Gasteiger partial charge in [-0.2, -0.15) is 15.2 Å². The fourth-order valence-electron chi connectivity index (χ4n) is 4.33. The molecule has 0 fully saturated rings. The third-order valence-electron chi connectivity index (χ3n) is 6.46. The van der Waals surface area contributed by atoms with E-state index in [1.165, 1.54) is 41.7 Å². The molecule has 0 spiro atoms. The number of nitro groups is 1. The Balaban J connectivity index is 1.38. The predicted octanol–water partition coefficient (Wildman–Crippen LogP) is 6.82. The van der Waals surface area contributed by atoms with Crippen LogP contribution in [0, 0.1) is 10.1 Å². The highest BCUT2D eigenvalue weighted by Crippen LogP contribution is 2.31. The van der Waals surface area contributed by atoms with Gasteiger partial charge in [-0.3, -0.25) is 25.1 Å². The number of anilines is 2. The van der Waals surface area contributed by atoms with Gasteiger partial charge >= 0.3 is 5.91 Å². The Kier molecular flexibility index (Phi) is 7.56. The summed E-state index contributed by atoms with van der Waals surface area (Å²) in [5, 5.41) is 23.8. The summed E-state index contributed by atoms with van der Waals surface area (Å²) in [7, 11) is 0. The van der Waals surface area contributed by atoms with Gasteiger partial charge in [0.1, 0.15) is 5.71 Å². The van der Waals surface area contributed by atoms with Crippen LogP contribution in [0.3, 0.4) is 0 Å². The first-order valence-corrected chi connectivity index (χ1v) is 14.1. The van der Waals surface area contributed by atoms with E-state index >= 15 is 0 Å². The molecule has 210 valence electrons. The van der Waals surface area contributed by atoms with E-state index in [2.05, 4.69) is 20.6 Å². The molecule has 5 aromatic rings. The van der Waals surface area contributed by atoms with Gasteiger partial charge in [0, 0.05) is 44.8 Å². The second-order valence-corrected chi connectivity index (χ2v) is 10.5. The Hall–Kier alpha value is -5.52. The average molecular weight is 607 g/mol. The lowest BCUT2D eigenvalue weighted by atomic mass is 10.0. The fourth-order valence-corrected chi connectivity index (χ4v) is 5.28. The van der Waals surface area contributed by atoms with Crippen molar-refractivity contribution < 1.29 is 14.5 Å². The number of nitrogens with one attached hydrogen (secondary N) is 1. The Bertz CT molecular complexity index is 1930. The van der Waals surface area contributed by atoms with Crippen molar-refractivity contribution in [1.29, 1.82) is 0 Å². The zero-order valence-electron chi connectivity index (χ0n) is 22.0. The van der Waals surface area contributed by atoms with Crippen LogP contribution < -0.4 is 10.4 Å². The average Bonchev–Trinajstić information content (AvgIpc) is 3.66. The van der Waals surface area contributed by atoms with Crippen LogP contribution >= 0.6 is 22.9 Å². The summed E-state index contributed by atoms with van der Waals surface area (Å²) in [6.45, 7) is 0. The lowest BCUT2D eigenvalue weighted by Crippen LogP contribution is -2.28. The van der Waals surface area contributed by atoms with Crippen molar-refractivity contribution >= 4 is 62.6 Å². The van der Waals surface area contributed by atoms with Crippen LogP contribution in [0.2, 0.25) is 5.02 Å². The van der Waals surface area contributed by atoms with Crippen molar-refractivity contribution in [2.75, 3.05) is 10.4 Å². The Morgan fingerprint density at radius 3 is 2.33 bits per heavy atom. The van der Waals surface area contributed by atoms with Gasteiger partial charge in [-0.25, -0.2) is 4.98 Å². The number of carbonyl (C=O) groups excluding carboxylic acids is 2. The molecule has 0 aliphatic carbocycles. The number of hydrogen-bond acceptors (Lipinski definition) is 9. The first-order chi connectivity index (χ1) is 20.9. The number of aromatic nitrogens is 1. The molecular weight excluding hydrogens is 588 g/mol. The molecule has 1 aromatic heterocycles. The van der Waals surface area contributed by atoms with E-state index in [1.807, 2.05) is 41.8 Å². The van der Waals surface area contributed by atoms with Crippen LogP contribution in [-0.4, -0.2) is 33.0 Å². The maximum atomic E-state index is 13.7. The van der Waals surface area contributed by atoms with Crippen molar-refractivity contribution in [3.63, 3.8) is 0 Å². The summed E-state index contributed by atoms with van der Waals surface area (Å²) in [5.74, 6) is -0.856. The standard InChI is InChI=1S/C31H19ClN6O4S/c32-22-13-16-25(24(17-22)29(39)21-9-5-2-6-10-21)34-35-28-27(20-11-14-23(15-12-20)38(41)42)36-37(30(28)40)31-33-26(18-43-31)19-7-3-1-4-8-19/h1-18,34H. The molecule has 43 heavy (non-hydrogen) atoms. The van der Waals surface area contributed by atoms with Crippen molar-refractivity contribution in [3.8, 4) is 11.3 Å². The number of non-ortho nitro benzene ring substituents is 1. The van der Waals surface area contributed by atoms with Crippen molar-refractivity contribution in [1.82, 2.24) is 4.98 Å². The minimum absolute atomic E-state index is 0.0709. The highest BCUT2D eigenvalue weighted by atomic mass is 35.5. The summed E-state index contributed by atoms with van der Waals surface area (Å²) >= 11 is 7.45. The van der Waals surface area contributed by atoms with Crippen LogP contribution in [0.1, 0.15) is 21.5 Å². The summed E-state index contributed by atoms with van der Waals surface area (Å²) in [6.07, 6.45) is 0. The number of thiazole rings is 1. The van der Waals surface area contributed by atoms with Gasteiger partial charge in [0.25, 0.3) is 5.69 Å². The summed E-state index contributed by atoms with van der Waals surface area (Å²) in [4.78, 5) is 42.3. The molecule has 0 bridgehead atoms. The molecule has 6 rings (SSSR count). The van der Waals surface area contributed by atoms with E-state index in [4.69, 9.17) is 11.6 Å². The largest absolute Gasteiger partial charge is 0.303 e. The van der Waals surface area contributed by atoms with Gasteiger partial charge in [0.15, 0.2) is 11.5 Å². The van der Waals surface area contributed by atoms with E-state index < -0.39 is 10.8 Å². The normalized spacial score (nSPS) is 13.7. The van der Waals surface area contributed by atoms with Gasteiger partial charge in [-0.05, 0) is 30.3 Å². The second-order valence-electron chi connectivity index (χ2n) is 9.21. The van der Waals surface area contributed by atoms with E-state index in [0.29, 0.717) is 32.7 Å². The zero-order valence-corrected chi connectivity index (χ0v) is 23.6. The van der Waals surface area contributed by atoms with Gasteiger partial charge in [0.2, 0.25) is 5.13 Å². The number of nitrogens with zero attached hydrogens (tertiary/aromatic N) is 5. The minimum Gasteiger partial charge on any atom is -0.289 e. The number of nitro benzene ring substituents is 1. The van der Waals surface area contributed by atoms with Gasteiger partial charge < -0.3 is 0 Å². The number of halogens is 1.